The fourth-order valence-electron chi connectivity index (χ4n) is 2.69. The molecule has 0 aliphatic carbocycles. The molecule has 28 heavy (non-hydrogen) atoms. The number of furan rings is 1. The van der Waals surface area contributed by atoms with Crippen molar-refractivity contribution in [2.75, 3.05) is 5.32 Å². The molecule has 146 valence electrons. The number of carbonyl (C=O) groups excluding carboxylic acids is 1. The third-order valence-corrected chi connectivity index (χ3v) is 3.96. The molecule has 0 bridgehead atoms. The summed E-state index contributed by atoms with van der Waals surface area (Å²) in [4.78, 5) is 12.4. The van der Waals surface area contributed by atoms with Crippen LogP contribution >= 0.6 is 0 Å². The van der Waals surface area contributed by atoms with Crippen LogP contribution in [0.3, 0.4) is 0 Å². The average molecular weight is 393 g/mol. The minimum atomic E-state index is -4.90. The zero-order valence-corrected chi connectivity index (χ0v) is 14.6. The second-order valence-electron chi connectivity index (χ2n) is 6.18. The minimum Gasteiger partial charge on any atom is -0.451 e. The molecule has 0 saturated heterocycles. The molecule has 2 aromatic carbocycles. The van der Waals surface area contributed by atoms with E-state index in [0.29, 0.717) is 16.7 Å². The van der Waals surface area contributed by atoms with E-state index in [1.165, 1.54) is 36.4 Å². The zero-order chi connectivity index (χ0) is 20.5. The van der Waals surface area contributed by atoms with Crippen molar-refractivity contribution in [2.45, 2.75) is 19.7 Å². The molecular formula is C20H15F4NO3. The zero-order valence-electron chi connectivity index (χ0n) is 14.6. The molecule has 4 nitrogen and oxygen atoms in total. The van der Waals surface area contributed by atoms with Crippen molar-refractivity contribution in [1.29, 1.82) is 0 Å². The van der Waals surface area contributed by atoms with Crippen molar-refractivity contribution < 1.29 is 31.9 Å². The summed E-state index contributed by atoms with van der Waals surface area (Å²) in [5.74, 6) is -3.29. The van der Waals surface area contributed by atoms with Gasteiger partial charge in [-0.15, -0.1) is 0 Å². The fraction of sp³-hybridized carbons (Fsp3) is 0.150. The summed E-state index contributed by atoms with van der Waals surface area (Å²) in [5, 5.41) is 11.3. The minimum absolute atomic E-state index is 0.0330. The molecule has 0 atom stereocenters. The van der Waals surface area contributed by atoms with Gasteiger partial charge in [0.2, 0.25) is 5.76 Å². The third-order valence-electron chi connectivity index (χ3n) is 3.96. The molecule has 8 heteroatoms. The molecule has 1 heterocycles. The summed E-state index contributed by atoms with van der Waals surface area (Å²) >= 11 is 0. The molecular weight excluding hydrogens is 378 g/mol. The molecule has 2 N–H and O–H groups in total. The molecule has 0 radical (unpaired) electrons. The highest BCUT2D eigenvalue weighted by molar-refractivity contribution is 6.05. The number of benzene rings is 2. The predicted molar refractivity (Wildman–Crippen MR) is 94.2 cm³/mol. The smallest absolute Gasteiger partial charge is 0.450 e. The van der Waals surface area contributed by atoms with E-state index in [4.69, 9.17) is 9.52 Å². The van der Waals surface area contributed by atoms with E-state index in [2.05, 4.69) is 5.32 Å². The van der Waals surface area contributed by atoms with Gasteiger partial charge in [0.25, 0.3) is 5.91 Å². The summed E-state index contributed by atoms with van der Waals surface area (Å²) in [5.41, 5.74) is 0.707. The first-order valence-electron chi connectivity index (χ1n) is 8.17. The Morgan fingerprint density at radius 2 is 1.79 bits per heavy atom. The molecule has 3 aromatic rings. The van der Waals surface area contributed by atoms with Gasteiger partial charge in [0.05, 0.1) is 12.2 Å². The second kappa shape index (κ2) is 7.47. The number of rotatable bonds is 4. The summed E-state index contributed by atoms with van der Waals surface area (Å²) in [6.45, 7) is 1.37. The summed E-state index contributed by atoms with van der Waals surface area (Å²) in [7, 11) is 0. The maximum Gasteiger partial charge on any atom is 0.450 e. The highest BCUT2D eigenvalue weighted by atomic mass is 19.4. The SMILES string of the molecule is Cc1cc(F)cc(NC(=O)c2cc(-c3ccc(CO)cc3)oc2C(F)(F)F)c1. The lowest BCUT2D eigenvalue weighted by Gasteiger charge is -2.08. The van der Waals surface area contributed by atoms with Crippen LogP contribution < -0.4 is 5.32 Å². The lowest BCUT2D eigenvalue weighted by molar-refractivity contribution is -0.153. The van der Waals surface area contributed by atoms with Crippen LogP contribution in [-0.2, 0) is 12.8 Å². The van der Waals surface area contributed by atoms with E-state index < -0.39 is 29.2 Å². The Labute approximate surface area is 157 Å². The summed E-state index contributed by atoms with van der Waals surface area (Å²) in [6.07, 6.45) is -4.90. The first-order chi connectivity index (χ1) is 13.2. The Kier molecular flexibility index (Phi) is 5.24. The number of aryl methyl sites for hydroxylation is 1. The molecule has 1 amide bonds. The number of alkyl halides is 3. The van der Waals surface area contributed by atoms with Crippen molar-refractivity contribution in [1.82, 2.24) is 0 Å². The Morgan fingerprint density at radius 1 is 1.11 bits per heavy atom. The molecule has 0 aliphatic rings. The molecule has 1 aromatic heterocycles. The summed E-state index contributed by atoms with van der Waals surface area (Å²) < 4.78 is 58.5. The normalized spacial score (nSPS) is 11.5. The maximum atomic E-state index is 13.5. The first kappa shape index (κ1) is 19.6. The summed E-state index contributed by atoms with van der Waals surface area (Å²) in [6, 6.07) is 10.7. The van der Waals surface area contributed by atoms with E-state index in [1.54, 1.807) is 6.92 Å². The Hall–Kier alpha value is -3.13. The molecule has 0 fully saturated rings. The van der Waals surface area contributed by atoms with Crippen molar-refractivity contribution in [3.8, 4) is 11.3 Å². The molecule has 0 spiro atoms. The average Bonchev–Trinajstić information content (AvgIpc) is 3.07. The Bertz CT molecular complexity index is 987. The number of aliphatic hydroxyl groups excluding tert-OH is 1. The van der Waals surface area contributed by atoms with E-state index in [9.17, 15) is 22.4 Å². The number of carbonyl (C=O) groups is 1. The van der Waals surface area contributed by atoms with Crippen molar-refractivity contribution in [2.24, 2.45) is 0 Å². The van der Waals surface area contributed by atoms with Crippen molar-refractivity contribution in [3.05, 3.63) is 76.8 Å². The van der Waals surface area contributed by atoms with Gasteiger partial charge in [-0.2, -0.15) is 13.2 Å². The van der Waals surface area contributed by atoms with Crippen molar-refractivity contribution in [3.63, 3.8) is 0 Å². The van der Waals surface area contributed by atoms with Crippen molar-refractivity contribution >= 4 is 11.6 Å². The van der Waals surface area contributed by atoms with Crippen LogP contribution in [0.2, 0.25) is 0 Å². The van der Waals surface area contributed by atoms with E-state index in [-0.39, 0.29) is 18.1 Å². The highest BCUT2D eigenvalue weighted by Crippen LogP contribution is 2.37. The molecule has 0 saturated carbocycles. The first-order valence-corrected chi connectivity index (χ1v) is 8.17. The Morgan fingerprint density at radius 3 is 2.36 bits per heavy atom. The number of aliphatic hydroxyl groups is 1. The Balaban J connectivity index is 1.98. The third kappa shape index (κ3) is 4.23. The number of hydrogen-bond acceptors (Lipinski definition) is 3. The predicted octanol–water partition coefficient (Wildman–Crippen LogP) is 5.16. The van der Waals surface area contributed by atoms with Crippen LogP contribution in [0.15, 0.2) is 52.9 Å². The van der Waals surface area contributed by atoms with Crippen LogP contribution in [0, 0.1) is 12.7 Å². The highest BCUT2D eigenvalue weighted by Gasteiger charge is 2.40. The van der Waals surface area contributed by atoms with Crippen LogP contribution in [0.1, 0.15) is 27.2 Å². The van der Waals surface area contributed by atoms with Gasteiger partial charge in [0.15, 0.2) is 0 Å². The van der Waals surface area contributed by atoms with Gasteiger partial charge >= 0.3 is 6.18 Å². The van der Waals surface area contributed by atoms with Gasteiger partial charge in [-0.05, 0) is 42.3 Å². The molecule has 0 unspecified atom stereocenters. The standard InChI is InChI=1S/C20H15F4NO3/c1-11-6-14(21)8-15(7-11)25-19(27)16-9-17(28-18(16)20(22,23)24)13-4-2-12(10-26)3-5-13/h2-9,26H,10H2,1H3,(H,25,27). The van der Waals surface area contributed by atoms with Crippen LogP contribution in [0.5, 0.6) is 0 Å². The lowest BCUT2D eigenvalue weighted by Crippen LogP contribution is -2.17. The second-order valence-corrected chi connectivity index (χ2v) is 6.18. The largest absolute Gasteiger partial charge is 0.451 e. The van der Waals surface area contributed by atoms with Gasteiger partial charge in [-0.1, -0.05) is 24.3 Å². The maximum absolute atomic E-state index is 13.5. The van der Waals surface area contributed by atoms with Gasteiger partial charge in [-0.25, -0.2) is 4.39 Å². The van der Waals surface area contributed by atoms with Crippen LogP contribution in [-0.4, -0.2) is 11.0 Å². The monoisotopic (exact) mass is 393 g/mol. The van der Waals surface area contributed by atoms with Crippen LogP contribution in [0.25, 0.3) is 11.3 Å². The van der Waals surface area contributed by atoms with Gasteiger partial charge in [-0.3, -0.25) is 4.79 Å². The van der Waals surface area contributed by atoms with Gasteiger partial charge in [0.1, 0.15) is 11.6 Å². The van der Waals surface area contributed by atoms with E-state index in [1.807, 2.05) is 0 Å². The van der Waals surface area contributed by atoms with Gasteiger partial charge in [0, 0.05) is 11.3 Å². The number of hydrogen-bond donors (Lipinski definition) is 2. The fourth-order valence-corrected chi connectivity index (χ4v) is 2.69. The lowest BCUT2D eigenvalue weighted by atomic mass is 10.1. The quantitative estimate of drug-likeness (QED) is 0.602. The molecule has 3 rings (SSSR count). The number of amides is 1. The number of halogens is 4. The number of anilines is 1. The molecule has 0 aliphatic heterocycles. The van der Waals surface area contributed by atoms with Crippen LogP contribution in [0.4, 0.5) is 23.2 Å². The topological polar surface area (TPSA) is 62.5 Å². The van der Waals surface area contributed by atoms with E-state index >= 15 is 0 Å². The number of nitrogens with one attached hydrogen (secondary N) is 1. The van der Waals surface area contributed by atoms with Gasteiger partial charge < -0.3 is 14.8 Å². The van der Waals surface area contributed by atoms with E-state index in [0.717, 1.165) is 12.1 Å².